The average molecular weight is 215 g/mol. The Morgan fingerprint density at radius 2 is 2.06 bits per heavy atom. The monoisotopic (exact) mass is 215 g/mol. The van der Waals surface area contributed by atoms with E-state index in [9.17, 15) is 4.39 Å². The molecule has 0 amide bonds. The molecular weight excluding hydrogens is 201 g/mol. The second-order valence-corrected chi connectivity index (χ2v) is 3.85. The van der Waals surface area contributed by atoms with E-state index in [0.29, 0.717) is 5.56 Å². The summed E-state index contributed by atoms with van der Waals surface area (Å²) < 4.78 is 13.8. The standard InChI is InChI=1S/C14H14FN/c1-3-11-5-4-8-16-14(11)12-7-6-10(2)9-13(12)15/h4-9H,3H2,1-2H3. The highest BCUT2D eigenvalue weighted by Crippen LogP contribution is 2.25. The lowest BCUT2D eigenvalue weighted by atomic mass is 10.0. The van der Waals surface area contributed by atoms with E-state index in [-0.39, 0.29) is 5.82 Å². The van der Waals surface area contributed by atoms with Crippen molar-refractivity contribution in [2.24, 2.45) is 0 Å². The molecule has 1 nitrogen and oxygen atoms in total. The average Bonchev–Trinajstić information content (AvgIpc) is 2.29. The van der Waals surface area contributed by atoms with E-state index in [0.717, 1.165) is 23.2 Å². The molecule has 1 aromatic carbocycles. The normalized spacial score (nSPS) is 10.4. The zero-order valence-electron chi connectivity index (χ0n) is 9.50. The van der Waals surface area contributed by atoms with Gasteiger partial charge in [0.1, 0.15) is 5.82 Å². The fourth-order valence-electron chi connectivity index (χ4n) is 1.78. The molecule has 0 saturated heterocycles. The predicted molar refractivity (Wildman–Crippen MR) is 63.7 cm³/mol. The van der Waals surface area contributed by atoms with Crippen LogP contribution in [-0.4, -0.2) is 4.98 Å². The minimum Gasteiger partial charge on any atom is -0.256 e. The summed E-state index contributed by atoms with van der Waals surface area (Å²) in [4.78, 5) is 4.27. The van der Waals surface area contributed by atoms with Crippen LogP contribution in [0.2, 0.25) is 0 Å². The summed E-state index contributed by atoms with van der Waals surface area (Å²) in [6.07, 6.45) is 2.56. The van der Waals surface area contributed by atoms with Gasteiger partial charge in [-0.15, -0.1) is 0 Å². The second-order valence-electron chi connectivity index (χ2n) is 3.85. The quantitative estimate of drug-likeness (QED) is 0.743. The van der Waals surface area contributed by atoms with E-state index in [1.54, 1.807) is 18.3 Å². The molecule has 0 fully saturated rings. The van der Waals surface area contributed by atoms with Crippen LogP contribution in [0.25, 0.3) is 11.3 Å². The van der Waals surface area contributed by atoms with Crippen molar-refractivity contribution in [1.29, 1.82) is 0 Å². The van der Waals surface area contributed by atoms with Crippen molar-refractivity contribution in [3.8, 4) is 11.3 Å². The van der Waals surface area contributed by atoms with Crippen molar-refractivity contribution < 1.29 is 4.39 Å². The topological polar surface area (TPSA) is 12.9 Å². The number of halogens is 1. The summed E-state index contributed by atoms with van der Waals surface area (Å²) in [5.74, 6) is -0.201. The van der Waals surface area contributed by atoms with Crippen molar-refractivity contribution in [2.45, 2.75) is 20.3 Å². The van der Waals surface area contributed by atoms with Gasteiger partial charge in [-0.3, -0.25) is 4.98 Å². The van der Waals surface area contributed by atoms with Crippen LogP contribution >= 0.6 is 0 Å². The molecule has 0 unspecified atom stereocenters. The van der Waals surface area contributed by atoms with Crippen LogP contribution in [0.5, 0.6) is 0 Å². The minimum absolute atomic E-state index is 0.201. The highest BCUT2D eigenvalue weighted by Gasteiger charge is 2.09. The third-order valence-corrected chi connectivity index (χ3v) is 2.65. The van der Waals surface area contributed by atoms with E-state index >= 15 is 0 Å². The Morgan fingerprint density at radius 3 is 2.75 bits per heavy atom. The first-order valence-electron chi connectivity index (χ1n) is 5.42. The molecular formula is C14H14FN. The van der Waals surface area contributed by atoms with E-state index in [2.05, 4.69) is 4.98 Å². The number of nitrogens with zero attached hydrogens (tertiary/aromatic N) is 1. The molecule has 0 saturated carbocycles. The highest BCUT2D eigenvalue weighted by molar-refractivity contribution is 5.64. The van der Waals surface area contributed by atoms with E-state index in [4.69, 9.17) is 0 Å². The lowest BCUT2D eigenvalue weighted by Gasteiger charge is -2.08. The summed E-state index contributed by atoms with van der Waals surface area (Å²) in [7, 11) is 0. The van der Waals surface area contributed by atoms with Crippen LogP contribution < -0.4 is 0 Å². The van der Waals surface area contributed by atoms with Crippen molar-refractivity contribution in [1.82, 2.24) is 4.98 Å². The van der Waals surface area contributed by atoms with Gasteiger partial charge in [0.15, 0.2) is 0 Å². The van der Waals surface area contributed by atoms with E-state index in [1.165, 1.54) is 0 Å². The number of rotatable bonds is 2. The maximum absolute atomic E-state index is 13.8. The fourth-order valence-corrected chi connectivity index (χ4v) is 1.78. The van der Waals surface area contributed by atoms with Crippen LogP contribution in [0.4, 0.5) is 4.39 Å². The zero-order valence-corrected chi connectivity index (χ0v) is 9.50. The first-order chi connectivity index (χ1) is 7.72. The van der Waals surface area contributed by atoms with Gasteiger partial charge in [-0.25, -0.2) is 4.39 Å². The first-order valence-corrected chi connectivity index (χ1v) is 5.42. The van der Waals surface area contributed by atoms with Gasteiger partial charge in [0.05, 0.1) is 5.69 Å². The van der Waals surface area contributed by atoms with Gasteiger partial charge < -0.3 is 0 Å². The lowest BCUT2D eigenvalue weighted by Crippen LogP contribution is -1.94. The zero-order chi connectivity index (χ0) is 11.5. The molecule has 0 spiro atoms. The van der Waals surface area contributed by atoms with Crippen LogP contribution in [-0.2, 0) is 6.42 Å². The summed E-state index contributed by atoms with van der Waals surface area (Å²) in [5, 5.41) is 0. The van der Waals surface area contributed by atoms with Gasteiger partial charge in [0.2, 0.25) is 0 Å². The van der Waals surface area contributed by atoms with Gasteiger partial charge in [-0.2, -0.15) is 0 Å². The summed E-state index contributed by atoms with van der Waals surface area (Å²) in [6, 6.07) is 9.12. The van der Waals surface area contributed by atoms with Gasteiger partial charge in [0.25, 0.3) is 0 Å². The summed E-state index contributed by atoms with van der Waals surface area (Å²) in [6.45, 7) is 3.93. The van der Waals surface area contributed by atoms with Crippen LogP contribution in [0.3, 0.4) is 0 Å². The van der Waals surface area contributed by atoms with Gasteiger partial charge in [0, 0.05) is 11.8 Å². The largest absolute Gasteiger partial charge is 0.256 e. The van der Waals surface area contributed by atoms with Crippen LogP contribution in [0, 0.1) is 12.7 Å². The molecule has 2 rings (SSSR count). The Hall–Kier alpha value is -1.70. The fraction of sp³-hybridized carbons (Fsp3) is 0.214. The lowest BCUT2D eigenvalue weighted by molar-refractivity contribution is 0.629. The smallest absolute Gasteiger partial charge is 0.132 e. The minimum atomic E-state index is -0.201. The molecule has 1 heterocycles. The third kappa shape index (κ3) is 1.96. The van der Waals surface area contributed by atoms with Gasteiger partial charge >= 0.3 is 0 Å². The Kier molecular flexibility index (Phi) is 3.00. The number of hydrogen-bond acceptors (Lipinski definition) is 1. The molecule has 1 aromatic heterocycles. The van der Waals surface area contributed by atoms with E-state index < -0.39 is 0 Å². The summed E-state index contributed by atoms with van der Waals surface area (Å²) >= 11 is 0. The van der Waals surface area contributed by atoms with Gasteiger partial charge in [-0.05, 0) is 42.7 Å². The van der Waals surface area contributed by atoms with Crippen molar-refractivity contribution in [3.63, 3.8) is 0 Å². The third-order valence-electron chi connectivity index (χ3n) is 2.65. The number of hydrogen-bond donors (Lipinski definition) is 0. The van der Waals surface area contributed by atoms with Crippen molar-refractivity contribution >= 4 is 0 Å². The predicted octanol–water partition coefficient (Wildman–Crippen LogP) is 3.76. The van der Waals surface area contributed by atoms with Crippen molar-refractivity contribution in [2.75, 3.05) is 0 Å². The summed E-state index contributed by atoms with van der Waals surface area (Å²) in [5.41, 5.74) is 3.34. The molecule has 82 valence electrons. The Labute approximate surface area is 95.0 Å². The Morgan fingerprint density at radius 1 is 1.25 bits per heavy atom. The molecule has 16 heavy (non-hydrogen) atoms. The molecule has 2 heteroatoms. The SMILES string of the molecule is CCc1cccnc1-c1ccc(C)cc1F. The molecule has 0 aliphatic carbocycles. The number of aromatic nitrogens is 1. The van der Waals surface area contributed by atoms with Crippen molar-refractivity contribution in [3.05, 3.63) is 53.5 Å². The molecule has 0 N–H and O–H groups in total. The first kappa shape index (κ1) is 10.8. The molecule has 0 aliphatic rings. The van der Waals surface area contributed by atoms with E-state index in [1.807, 2.05) is 32.0 Å². The molecule has 0 atom stereocenters. The maximum Gasteiger partial charge on any atom is 0.132 e. The van der Waals surface area contributed by atoms with Crippen LogP contribution in [0.15, 0.2) is 36.5 Å². The molecule has 2 aromatic rings. The number of aryl methyl sites for hydroxylation is 2. The number of benzene rings is 1. The molecule has 0 bridgehead atoms. The van der Waals surface area contributed by atoms with Gasteiger partial charge in [-0.1, -0.05) is 19.1 Å². The molecule has 0 radical (unpaired) electrons. The maximum atomic E-state index is 13.8. The highest BCUT2D eigenvalue weighted by atomic mass is 19.1. The number of pyridine rings is 1. The molecule has 0 aliphatic heterocycles. The second kappa shape index (κ2) is 4.44. The Balaban J connectivity index is 2.58. The van der Waals surface area contributed by atoms with Crippen LogP contribution in [0.1, 0.15) is 18.1 Å². The Bertz CT molecular complexity index is 506.